The number of nitrogens with zero attached hydrogens (tertiary/aromatic N) is 1. The van der Waals surface area contributed by atoms with Gasteiger partial charge < -0.3 is 15.0 Å². The van der Waals surface area contributed by atoms with Crippen LogP contribution in [0.3, 0.4) is 0 Å². The Morgan fingerprint density at radius 3 is 2.50 bits per heavy atom. The van der Waals surface area contributed by atoms with Crippen LogP contribution in [0.4, 0.5) is 0 Å². The summed E-state index contributed by atoms with van der Waals surface area (Å²) in [6.07, 6.45) is 3.69. The van der Waals surface area contributed by atoms with Gasteiger partial charge in [-0.1, -0.05) is 53.6 Å². The van der Waals surface area contributed by atoms with E-state index in [0.717, 1.165) is 25.8 Å². The van der Waals surface area contributed by atoms with Crippen LogP contribution in [0.2, 0.25) is 0 Å². The van der Waals surface area contributed by atoms with Crippen LogP contribution in [0.25, 0.3) is 11.1 Å². The van der Waals surface area contributed by atoms with Crippen molar-refractivity contribution < 1.29 is 14.3 Å². The standard InChI is InChI=1S/C27H34N2O3/c1-20-15-21(2)17-24(16-20)23-6-3-5-22(18-23)19-27(8-13-32-14-9-27)26(31)28-10-12-29-11-4-7-25(29)30/h3,5-6,15-18H,4,7-14,19H2,1-2H3,(H,28,31). The van der Waals surface area contributed by atoms with Crippen molar-refractivity contribution in [3.63, 3.8) is 0 Å². The van der Waals surface area contributed by atoms with Crippen molar-refractivity contribution in [2.24, 2.45) is 5.41 Å². The van der Waals surface area contributed by atoms with E-state index in [1.165, 1.54) is 27.8 Å². The second-order valence-electron chi connectivity index (χ2n) is 9.39. The molecule has 0 atom stereocenters. The fraction of sp³-hybridized carbons (Fsp3) is 0.481. The third-order valence-corrected chi connectivity index (χ3v) is 6.79. The number of rotatable bonds is 7. The molecule has 2 heterocycles. The lowest BCUT2D eigenvalue weighted by molar-refractivity contribution is -0.137. The monoisotopic (exact) mass is 434 g/mol. The number of amides is 2. The molecular weight excluding hydrogens is 400 g/mol. The molecule has 0 aromatic heterocycles. The average Bonchev–Trinajstić information content (AvgIpc) is 3.18. The topological polar surface area (TPSA) is 58.6 Å². The minimum absolute atomic E-state index is 0.0873. The number of ether oxygens (including phenoxy) is 1. The minimum atomic E-state index is -0.464. The van der Waals surface area contributed by atoms with Gasteiger partial charge in [-0.15, -0.1) is 0 Å². The summed E-state index contributed by atoms with van der Waals surface area (Å²) in [6.45, 7) is 7.37. The number of aryl methyl sites for hydroxylation is 2. The average molecular weight is 435 g/mol. The first kappa shape index (κ1) is 22.5. The maximum absolute atomic E-state index is 13.4. The highest BCUT2D eigenvalue weighted by molar-refractivity contribution is 5.83. The first-order valence-electron chi connectivity index (χ1n) is 11.8. The molecule has 2 aliphatic heterocycles. The molecule has 1 N–H and O–H groups in total. The predicted octanol–water partition coefficient (Wildman–Crippen LogP) is 4.05. The molecule has 2 amide bonds. The number of carbonyl (C=O) groups is 2. The Balaban J connectivity index is 1.48. The molecule has 2 fully saturated rings. The molecule has 2 saturated heterocycles. The van der Waals surface area contributed by atoms with Crippen molar-refractivity contribution in [1.29, 1.82) is 0 Å². The van der Waals surface area contributed by atoms with E-state index in [2.05, 4.69) is 61.6 Å². The van der Waals surface area contributed by atoms with Gasteiger partial charge in [-0.25, -0.2) is 0 Å². The summed E-state index contributed by atoms with van der Waals surface area (Å²) in [4.78, 5) is 27.0. The summed E-state index contributed by atoms with van der Waals surface area (Å²) in [5.74, 6) is 0.285. The number of carbonyl (C=O) groups excluding carboxylic acids is 2. The third-order valence-electron chi connectivity index (χ3n) is 6.79. The molecule has 0 spiro atoms. The summed E-state index contributed by atoms with van der Waals surface area (Å²) >= 11 is 0. The second-order valence-corrected chi connectivity index (χ2v) is 9.39. The van der Waals surface area contributed by atoms with Crippen LogP contribution in [0, 0.1) is 19.3 Å². The highest BCUT2D eigenvalue weighted by Gasteiger charge is 2.40. The Labute approximate surface area is 191 Å². The van der Waals surface area contributed by atoms with Gasteiger partial charge in [-0.3, -0.25) is 9.59 Å². The van der Waals surface area contributed by atoms with Crippen molar-refractivity contribution >= 4 is 11.8 Å². The van der Waals surface area contributed by atoms with Crippen molar-refractivity contribution in [2.45, 2.75) is 46.0 Å². The Hall–Kier alpha value is -2.66. The van der Waals surface area contributed by atoms with Gasteiger partial charge in [0, 0.05) is 39.3 Å². The molecule has 0 radical (unpaired) electrons. The quantitative estimate of drug-likeness (QED) is 0.715. The Bertz CT molecular complexity index is 958. The van der Waals surface area contributed by atoms with E-state index in [9.17, 15) is 9.59 Å². The Morgan fingerprint density at radius 1 is 1.06 bits per heavy atom. The van der Waals surface area contributed by atoms with Gasteiger partial charge in [0.15, 0.2) is 0 Å². The molecule has 5 heteroatoms. The molecular formula is C27H34N2O3. The van der Waals surface area contributed by atoms with Crippen LogP contribution in [-0.2, 0) is 20.7 Å². The van der Waals surface area contributed by atoms with Gasteiger partial charge in [0.2, 0.25) is 11.8 Å². The molecule has 0 saturated carbocycles. The zero-order valence-corrected chi connectivity index (χ0v) is 19.3. The van der Waals surface area contributed by atoms with Gasteiger partial charge >= 0.3 is 0 Å². The third kappa shape index (κ3) is 5.21. The first-order chi connectivity index (χ1) is 15.4. The smallest absolute Gasteiger partial charge is 0.226 e. The second kappa shape index (κ2) is 9.86. The lowest BCUT2D eigenvalue weighted by Gasteiger charge is -2.36. The van der Waals surface area contributed by atoms with Crippen molar-refractivity contribution in [3.05, 3.63) is 59.2 Å². The molecule has 170 valence electrons. The minimum Gasteiger partial charge on any atom is -0.381 e. The largest absolute Gasteiger partial charge is 0.381 e. The molecule has 0 bridgehead atoms. The number of likely N-dealkylation sites (tertiary alicyclic amines) is 1. The van der Waals surface area contributed by atoms with E-state index in [-0.39, 0.29) is 11.8 Å². The van der Waals surface area contributed by atoms with Crippen LogP contribution in [0.15, 0.2) is 42.5 Å². The molecule has 0 unspecified atom stereocenters. The zero-order chi connectivity index (χ0) is 22.6. The van der Waals surface area contributed by atoms with Crippen LogP contribution in [0.5, 0.6) is 0 Å². The van der Waals surface area contributed by atoms with Crippen molar-refractivity contribution in [2.75, 3.05) is 32.8 Å². The molecule has 4 rings (SSSR count). The predicted molar refractivity (Wildman–Crippen MR) is 126 cm³/mol. The van der Waals surface area contributed by atoms with Gasteiger partial charge in [-0.2, -0.15) is 0 Å². The summed E-state index contributed by atoms with van der Waals surface area (Å²) in [6, 6.07) is 15.2. The van der Waals surface area contributed by atoms with E-state index >= 15 is 0 Å². The number of hydrogen-bond donors (Lipinski definition) is 1. The van der Waals surface area contributed by atoms with Crippen molar-refractivity contribution in [3.8, 4) is 11.1 Å². The fourth-order valence-electron chi connectivity index (χ4n) is 5.07. The van der Waals surface area contributed by atoms with Gasteiger partial charge in [0.1, 0.15) is 0 Å². The van der Waals surface area contributed by atoms with E-state index in [0.29, 0.717) is 39.1 Å². The molecule has 0 aliphatic carbocycles. The van der Waals surface area contributed by atoms with Gasteiger partial charge in [0.25, 0.3) is 0 Å². The fourth-order valence-corrected chi connectivity index (χ4v) is 5.07. The van der Waals surface area contributed by atoms with E-state index in [4.69, 9.17) is 4.74 Å². The molecule has 2 aromatic rings. The van der Waals surface area contributed by atoms with E-state index in [1.807, 2.05) is 4.90 Å². The molecule has 2 aromatic carbocycles. The van der Waals surface area contributed by atoms with Crippen LogP contribution in [0.1, 0.15) is 42.4 Å². The lowest BCUT2D eigenvalue weighted by atomic mass is 9.74. The maximum atomic E-state index is 13.4. The number of benzene rings is 2. The number of hydrogen-bond acceptors (Lipinski definition) is 3. The summed E-state index contributed by atoms with van der Waals surface area (Å²) in [5.41, 5.74) is 5.61. The summed E-state index contributed by atoms with van der Waals surface area (Å²) < 4.78 is 5.60. The molecule has 5 nitrogen and oxygen atoms in total. The molecule has 2 aliphatic rings. The summed E-state index contributed by atoms with van der Waals surface area (Å²) in [7, 11) is 0. The van der Waals surface area contributed by atoms with Crippen LogP contribution >= 0.6 is 0 Å². The Morgan fingerprint density at radius 2 is 1.81 bits per heavy atom. The summed E-state index contributed by atoms with van der Waals surface area (Å²) in [5, 5.41) is 3.13. The van der Waals surface area contributed by atoms with Gasteiger partial charge in [-0.05, 0) is 56.2 Å². The first-order valence-corrected chi connectivity index (χ1v) is 11.8. The Kier molecular flexibility index (Phi) is 6.95. The zero-order valence-electron chi connectivity index (χ0n) is 19.3. The van der Waals surface area contributed by atoms with Crippen molar-refractivity contribution in [1.82, 2.24) is 10.2 Å². The maximum Gasteiger partial charge on any atom is 0.226 e. The van der Waals surface area contributed by atoms with E-state index < -0.39 is 5.41 Å². The highest BCUT2D eigenvalue weighted by atomic mass is 16.5. The van der Waals surface area contributed by atoms with Crippen LogP contribution in [-0.4, -0.2) is 49.6 Å². The van der Waals surface area contributed by atoms with E-state index in [1.54, 1.807) is 0 Å². The lowest BCUT2D eigenvalue weighted by Crippen LogP contribution is -2.48. The normalized spacial score (nSPS) is 18.1. The molecule has 32 heavy (non-hydrogen) atoms. The highest BCUT2D eigenvalue weighted by Crippen LogP contribution is 2.36. The van der Waals surface area contributed by atoms with Crippen LogP contribution < -0.4 is 5.32 Å². The SMILES string of the molecule is Cc1cc(C)cc(-c2cccc(CC3(C(=O)NCCN4CCCC4=O)CCOCC3)c2)c1. The van der Waals surface area contributed by atoms with Gasteiger partial charge in [0.05, 0.1) is 5.41 Å². The number of nitrogens with one attached hydrogen (secondary N) is 1.